The molecular formula is C14H17N3O2S. The van der Waals surface area contributed by atoms with E-state index in [-0.39, 0.29) is 10.9 Å². The number of nitrogen functional groups attached to an aromatic ring is 1. The second-order valence-electron chi connectivity index (χ2n) is 4.59. The lowest BCUT2D eigenvalue weighted by Gasteiger charge is -2.16. The van der Waals surface area contributed by atoms with Crippen molar-refractivity contribution in [2.75, 3.05) is 5.73 Å². The van der Waals surface area contributed by atoms with Crippen molar-refractivity contribution < 1.29 is 8.42 Å². The first-order chi connectivity index (χ1) is 9.42. The lowest BCUT2D eigenvalue weighted by Crippen LogP contribution is -2.27. The van der Waals surface area contributed by atoms with Crippen LogP contribution in [0.3, 0.4) is 0 Å². The van der Waals surface area contributed by atoms with Crippen LogP contribution in [0.15, 0.2) is 47.6 Å². The molecule has 5 nitrogen and oxygen atoms in total. The molecule has 0 saturated heterocycles. The van der Waals surface area contributed by atoms with Crippen molar-refractivity contribution in [3.63, 3.8) is 0 Å². The Labute approximate surface area is 118 Å². The fraction of sp³-hybridized carbons (Fsp3) is 0.214. The average Bonchev–Trinajstić information content (AvgIpc) is 2.42. The first kappa shape index (κ1) is 14.5. The number of anilines is 1. The standard InChI is InChI=1S/C14H17N3O2S/c1-10-13(15)4-3-5-14(10)20(18,19)17-11(2)12-6-8-16-9-7-12/h3-9,11,17H,15H2,1-2H3. The maximum Gasteiger partial charge on any atom is 0.241 e. The monoisotopic (exact) mass is 291 g/mol. The molecule has 1 aromatic heterocycles. The number of nitrogens with zero attached hydrogens (tertiary/aromatic N) is 1. The molecule has 0 amide bonds. The normalized spacial score (nSPS) is 13.1. The average molecular weight is 291 g/mol. The summed E-state index contributed by atoms with van der Waals surface area (Å²) < 4.78 is 27.5. The highest BCUT2D eigenvalue weighted by Gasteiger charge is 2.20. The van der Waals surface area contributed by atoms with E-state index in [0.29, 0.717) is 11.3 Å². The van der Waals surface area contributed by atoms with Gasteiger partial charge in [-0.1, -0.05) is 6.07 Å². The molecule has 0 aliphatic heterocycles. The summed E-state index contributed by atoms with van der Waals surface area (Å²) in [6.45, 7) is 3.48. The third-order valence-electron chi connectivity index (χ3n) is 3.15. The van der Waals surface area contributed by atoms with Crippen molar-refractivity contribution in [2.24, 2.45) is 0 Å². The minimum Gasteiger partial charge on any atom is -0.398 e. The lowest BCUT2D eigenvalue weighted by atomic mass is 10.1. The van der Waals surface area contributed by atoms with Gasteiger partial charge >= 0.3 is 0 Å². The van der Waals surface area contributed by atoms with Crippen molar-refractivity contribution >= 4 is 15.7 Å². The summed E-state index contributed by atoms with van der Waals surface area (Å²) in [5.41, 5.74) is 7.63. The molecule has 3 N–H and O–H groups in total. The third-order valence-corrected chi connectivity index (χ3v) is 4.84. The van der Waals surface area contributed by atoms with Crippen molar-refractivity contribution in [3.8, 4) is 0 Å². The van der Waals surface area contributed by atoms with Gasteiger partial charge in [0.15, 0.2) is 0 Å². The number of hydrogen-bond donors (Lipinski definition) is 2. The Morgan fingerprint density at radius 1 is 1.20 bits per heavy atom. The van der Waals surface area contributed by atoms with Gasteiger partial charge in [-0.2, -0.15) is 0 Å². The van der Waals surface area contributed by atoms with Gasteiger partial charge in [-0.3, -0.25) is 4.98 Å². The third kappa shape index (κ3) is 2.97. The number of nitrogens with two attached hydrogens (primary N) is 1. The molecule has 2 aromatic rings. The Morgan fingerprint density at radius 2 is 1.85 bits per heavy atom. The predicted octanol–water partition coefficient (Wildman–Crippen LogP) is 2.01. The van der Waals surface area contributed by atoms with E-state index < -0.39 is 10.0 Å². The van der Waals surface area contributed by atoms with Crippen LogP contribution in [-0.2, 0) is 10.0 Å². The molecule has 2 rings (SSSR count). The zero-order valence-corrected chi connectivity index (χ0v) is 12.2. The Morgan fingerprint density at radius 3 is 2.50 bits per heavy atom. The van der Waals surface area contributed by atoms with Crippen LogP contribution in [0, 0.1) is 6.92 Å². The molecule has 1 heterocycles. The molecule has 0 saturated carbocycles. The van der Waals surface area contributed by atoms with E-state index in [4.69, 9.17) is 5.73 Å². The molecule has 0 aliphatic carbocycles. The second kappa shape index (κ2) is 5.60. The van der Waals surface area contributed by atoms with Crippen LogP contribution < -0.4 is 10.5 Å². The summed E-state index contributed by atoms with van der Waals surface area (Å²) in [6, 6.07) is 8.07. The Bertz CT molecular complexity index is 700. The van der Waals surface area contributed by atoms with E-state index in [9.17, 15) is 8.42 Å². The van der Waals surface area contributed by atoms with Crippen molar-refractivity contribution in [2.45, 2.75) is 24.8 Å². The minimum absolute atomic E-state index is 0.207. The summed E-state index contributed by atoms with van der Waals surface area (Å²) in [6.07, 6.45) is 3.26. The van der Waals surface area contributed by atoms with Crippen molar-refractivity contribution in [3.05, 3.63) is 53.9 Å². The van der Waals surface area contributed by atoms with Gasteiger partial charge in [-0.15, -0.1) is 0 Å². The number of hydrogen-bond acceptors (Lipinski definition) is 4. The molecule has 0 fully saturated rings. The fourth-order valence-electron chi connectivity index (χ4n) is 1.94. The van der Waals surface area contributed by atoms with E-state index in [1.54, 1.807) is 56.6 Å². The van der Waals surface area contributed by atoms with Gasteiger partial charge in [0, 0.05) is 24.1 Å². The number of pyridine rings is 1. The lowest BCUT2D eigenvalue weighted by molar-refractivity contribution is 0.566. The van der Waals surface area contributed by atoms with Crippen LogP contribution in [-0.4, -0.2) is 13.4 Å². The molecule has 6 heteroatoms. The summed E-state index contributed by atoms with van der Waals surface area (Å²) in [5, 5.41) is 0. The largest absolute Gasteiger partial charge is 0.398 e. The van der Waals surface area contributed by atoms with Crippen LogP contribution >= 0.6 is 0 Å². The van der Waals surface area contributed by atoms with Crippen LogP contribution in [0.5, 0.6) is 0 Å². The van der Waals surface area contributed by atoms with E-state index in [1.807, 2.05) is 0 Å². The van der Waals surface area contributed by atoms with Gasteiger partial charge in [0.05, 0.1) is 4.90 Å². The van der Waals surface area contributed by atoms with E-state index in [0.717, 1.165) is 5.56 Å². The molecular weight excluding hydrogens is 274 g/mol. The van der Waals surface area contributed by atoms with Gasteiger partial charge in [0.25, 0.3) is 0 Å². The first-order valence-electron chi connectivity index (χ1n) is 6.19. The number of sulfonamides is 1. The Kier molecular flexibility index (Phi) is 4.06. The smallest absolute Gasteiger partial charge is 0.241 e. The highest BCUT2D eigenvalue weighted by atomic mass is 32.2. The molecule has 1 unspecified atom stereocenters. The maximum atomic E-state index is 12.4. The van der Waals surface area contributed by atoms with Crippen LogP contribution in [0.1, 0.15) is 24.1 Å². The van der Waals surface area contributed by atoms with Gasteiger partial charge in [0.2, 0.25) is 10.0 Å². The number of nitrogens with one attached hydrogen (secondary N) is 1. The van der Waals surface area contributed by atoms with Gasteiger partial charge in [-0.25, -0.2) is 13.1 Å². The summed E-state index contributed by atoms with van der Waals surface area (Å²) in [4.78, 5) is 4.12. The van der Waals surface area contributed by atoms with Crippen LogP contribution in [0.25, 0.3) is 0 Å². The van der Waals surface area contributed by atoms with E-state index >= 15 is 0 Å². The van der Waals surface area contributed by atoms with Gasteiger partial charge < -0.3 is 5.73 Å². The van der Waals surface area contributed by atoms with E-state index in [2.05, 4.69) is 9.71 Å². The van der Waals surface area contributed by atoms with Crippen LogP contribution in [0.4, 0.5) is 5.69 Å². The quantitative estimate of drug-likeness (QED) is 0.844. The molecule has 106 valence electrons. The van der Waals surface area contributed by atoms with Gasteiger partial charge in [-0.05, 0) is 49.2 Å². The summed E-state index contributed by atoms with van der Waals surface area (Å²) in [5.74, 6) is 0. The SMILES string of the molecule is Cc1c(N)cccc1S(=O)(=O)NC(C)c1ccncc1. The number of aromatic nitrogens is 1. The maximum absolute atomic E-state index is 12.4. The minimum atomic E-state index is -3.61. The fourth-order valence-corrected chi connectivity index (χ4v) is 3.45. The Balaban J connectivity index is 2.30. The molecule has 1 atom stereocenters. The number of benzene rings is 1. The van der Waals surface area contributed by atoms with Crippen molar-refractivity contribution in [1.29, 1.82) is 0 Å². The molecule has 0 aliphatic rings. The highest BCUT2D eigenvalue weighted by Crippen LogP contribution is 2.22. The van der Waals surface area contributed by atoms with Gasteiger partial charge in [0.1, 0.15) is 0 Å². The molecule has 20 heavy (non-hydrogen) atoms. The number of rotatable bonds is 4. The first-order valence-corrected chi connectivity index (χ1v) is 7.67. The van der Waals surface area contributed by atoms with E-state index in [1.165, 1.54) is 0 Å². The zero-order valence-electron chi connectivity index (χ0n) is 11.4. The summed E-state index contributed by atoms with van der Waals surface area (Å²) >= 11 is 0. The Hall–Kier alpha value is -1.92. The van der Waals surface area contributed by atoms with Crippen molar-refractivity contribution in [1.82, 2.24) is 9.71 Å². The predicted molar refractivity (Wildman–Crippen MR) is 78.6 cm³/mol. The topological polar surface area (TPSA) is 85.1 Å². The molecule has 1 aromatic carbocycles. The second-order valence-corrected chi connectivity index (χ2v) is 6.28. The molecule has 0 bridgehead atoms. The summed E-state index contributed by atoms with van der Waals surface area (Å²) in [7, 11) is -3.61. The zero-order chi connectivity index (χ0) is 14.8. The molecule has 0 radical (unpaired) electrons. The van der Waals surface area contributed by atoms with Crippen LogP contribution in [0.2, 0.25) is 0 Å². The molecule has 0 spiro atoms. The highest BCUT2D eigenvalue weighted by molar-refractivity contribution is 7.89.